The van der Waals surface area contributed by atoms with Crippen LogP contribution in [0.2, 0.25) is 0 Å². The average Bonchev–Trinajstić information content (AvgIpc) is 1.99. The van der Waals surface area contributed by atoms with Gasteiger partial charge in [-0.2, -0.15) is 0 Å². The zero-order chi connectivity index (χ0) is 8.43. The Labute approximate surface area is 67.5 Å². The Morgan fingerprint density at radius 3 is 2.45 bits per heavy atom. The maximum absolute atomic E-state index is 5.72. The number of hydrogen-bond donors (Lipinski definition) is 1. The maximum Gasteiger partial charge on any atom is 0.0349 e. The van der Waals surface area contributed by atoms with Gasteiger partial charge in [0.05, 0.1) is 0 Å². The summed E-state index contributed by atoms with van der Waals surface area (Å²) in [7, 11) is 0. The van der Waals surface area contributed by atoms with Crippen molar-refractivity contribution in [3.8, 4) is 0 Å². The predicted molar refractivity (Wildman–Crippen MR) is 50.4 cm³/mol. The maximum atomic E-state index is 5.72. The van der Waals surface area contributed by atoms with Crippen LogP contribution in [0.25, 0.3) is 6.08 Å². The van der Waals surface area contributed by atoms with E-state index in [0.29, 0.717) is 0 Å². The Hall–Kier alpha value is -1.24. The molecule has 1 rings (SSSR count). The molecule has 0 radical (unpaired) electrons. The summed E-state index contributed by atoms with van der Waals surface area (Å²) in [5.41, 5.74) is 10.1. The molecule has 1 nitrogen and oxygen atoms in total. The van der Waals surface area contributed by atoms with Gasteiger partial charge >= 0.3 is 0 Å². The van der Waals surface area contributed by atoms with Gasteiger partial charge in [-0.1, -0.05) is 18.7 Å². The van der Waals surface area contributed by atoms with Gasteiger partial charge in [0, 0.05) is 5.69 Å². The monoisotopic (exact) mass is 147 g/mol. The highest BCUT2D eigenvalue weighted by Crippen LogP contribution is 2.20. The fraction of sp³-hybridized carbons (Fsp3) is 0.200. The van der Waals surface area contributed by atoms with E-state index in [0.717, 1.165) is 16.8 Å². The number of nitrogens with two attached hydrogens (primary N) is 1. The van der Waals surface area contributed by atoms with Crippen molar-refractivity contribution in [2.24, 2.45) is 0 Å². The summed E-state index contributed by atoms with van der Waals surface area (Å²) in [6, 6.07) is 3.94. The first-order chi connectivity index (χ1) is 5.16. The van der Waals surface area contributed by atoms with Gasteiger partial charge in [-0.3, -0.25) is 0 Å². The van der Waals surface area contributed by atoms with E-state index in [1.165, 1.54) is 5.56 Å². The summed E-state index contributed by atoms with van der Waals surface area (Å²) < 4.78 is 0. The highest BCUT2D eigenvalue weighted by molar-refractivity contribution is 5.64. The number of anilines is 1. The first kappa shape index (κ1) is 7.86. The molecular weight excluding hydrogens is 134 g/mol. The smallest absolute Gasteiger partial charge is 0.0349 e. The molecule has 1 heteroatoms. The van der Waals surface area contributed by atoms with Crippen molar-refractivity contribution >= 4 is 11.8 Å². The molecule has 11 heavy (non-hydrogen) atoms. The van der Waals surface area contributed by atoms with E-state index < -0.39 is 0 Å². The second kappa shape index (κ2) is 2.79. The molecule has 0 aliphatic carbocycles. The zero-order valence-corrected chi connectivity index (χ0v) is 7.02. The third-order valence-electron chi connectivity index (χ3n) is 1.98. The number of benzene rings is 1. The van der Waals surface area contributed by atoms with Crippen LogP contribution in [-0.4, -0.2) is 0 Å². The normalized spacial score (nSPS) is 9.64. The van der Waals surface area contributed by atoms with Crippen molar-refractivity contribution in [1.82, 2.24) is 0 Å². The molecule has 0 spiro atoms. The van der Waals surface area contributed by atoms with E-state index in [4.69, 9.17) is 5.73 Å². The lowest BCUT2D eigenvalue weighted by molar-refractivity contribution is 1.36. The Balaban J connectivity index is 3.40. The SMILES string of the molecule is C=Cc1c(C)ccc(N)c1C. The van der Waals surface area contributed by atoms with Gasteiger partial charge in [0.15, 0.2) is 0 Å². The van der Waals surface area contributed by atoms with E-state index in [2.05, 4.69) is 13.5 Å². The first-order valence-corrected chi connectivity index (χ1v) is 3.65. The van der Waals surface area contributed by atoms with E-state index in [-0.39, 0.29) is 0 Å². The third-order valence-corrected chi connectivity index (χ3v) is 1.98. The molecule has 0 amide bonds. The van der Waals surface area contributed by atoms with Crippen LogP contribution in [0, 0.1) is 13.8 Å². The predicted octanol–water partition coefficient (Wildman–Crippen LogP) is 2.53. The second-order valence-corrected chi connectivity index (χ2v) is 2.71. The summed E-state index contributed by atoms with van der Waals surface area (Å²) in [6.07, 6.45) is 1.85. The number of nitrogen functional groups attached to an aromatic ring is 1. The Morgan fingerprint density at radius 1 is 1.36 bits per heavy atom. The summed E-state index contributed by atoms with van der Waals surface area (Å²) in [4.78, 5) is 0. The fourth-order valence-electron chi connectivity index (χ4n) is 1.19. The Kier molecular flexibility index (Phi) is 1.99. The topological polar surface area (TPSA) is 26.0 Å². The van der Waals surface area contributed by atoms with E-state index in [1.807, 2.05) is 25.1 Å². The van der Waals surface area contributed by atoms with E-state index in [9.17, 15) is 0 Å². The van der Waals surface area contributed by atoms with Crippen LogP contribution < -0.4 is 5.73 Å². The Bertz CT molecular complexity index is 287. The number of aryl methyl sites for hydroxylation is 1. The zero-order valence-electron chi connectivity index (χ0n) is 7.02. The first-order valence-electron chi connectivity index (χ1n) is 3.65. The molecule has 0 saturated carbocycles. The van der Waals surface area contributed by atoms with E-state index >= 15 is 0 Å². The third kappa shape index (κ3) is 1.27. The molecule has 58 valence electrons. The largest absolute Gasteiger partial charge is 0.398 e. The standard InChI is InChI=1S/C10H13N/c1-4-9-7(2)5-6-10(11)8(9)3/h4-6H,1,11H2,2-3H3. The van der Waals surface area contributed by atoms with Crippen LogP contribution in [0.15, 0.2) is 18.7 Å². The minimum atomic E-state index is 0.838. The average molecular weight is 147 g/mol. The van der Waals surface area contributed by atoms with Gasteiger partial charge in [0.1, 0.15) is 0 Å². The molecule has 2 N–H and O–H groups in total. The van der Waals surface area contributed by atoms with Crippen molar-refractivity contribution in [3.63, 3.8) is 0 Å². The van der Waals surface area contributed by atoms with Crippen molar-refractivity contribution in [2.45, 2.75) is 13.8 Å². The summed E-state index contributed by atoms with van der Waals surface area (Å²) in [5, 5.41) is 0. The van der Waals surface area contributed by atoms with Crippen LogP contribution in [0.3, 0.4) is 0 Å². The van der Waals surface area contributed by atoms with Crippen molar-refractivity contribution in [1.29, 1.82) is 0 Å². The van der Waals surface area contributed by atoms with Gasteiger partial charge in [-0.15, -0.1) is 0 Å². The second-order valence-electron chi connectivity index (χ2n) is 2.71. The van der Waals surface area contributed by atoms with Crippen LogP contribution in [0.4, 0.5) is 5.69 Å². The summed E-state index contributed by atoms with van der Waals surface area (Å²) in [5.74, 6) is 0. The molecule has 0 aromatic heterocycles. The summed E-state index contributed by atoms with van der Waals surface area (Å²) in [6.45, 7) is 7.81. The molecule has 0 bridgehead atoms. The van der Waals surface area contributed by atoms with Crippen LogP contribution in [0.5, 0.6) is 0 Å². The van der Waals surface area contributed by atoms with Gasteiger partial charge in [-0.05, 0) is 36.6 Å². The van der Waals surface area contributed by atoms with Crippen LogP contribution in [0.1, 0.15) is 16.7 Å². The molecule has 0 atom stereocenters. The lowest BCUT2D eigenvalue weighted by atomic mass is 10.0. The molecule has 0 saturated heterocycles. The van der Waals surface area contributed by atoms with Gasteiger partial charge in [0.25, 0.3) is 0 Å². The molecule has 1 aromatic carbocycles. The number of rotatable bonds is 1. The van der Waals surface area contributed by atoms with Crippen LogP contribution in [-0.2, 0) is 0 Å². The molecule has 1 aromatic rings. The van der Waals surface area contributed by atoms with Crippen LogP contribution >= 0.6 is 0 Å². The number of hydrogen-bond acceptors (Lipinski definition) is 1. The lowest BCUT2D eigenvalue weighted by Gasteiger charge is -2.06. The molecule has 0 aliphatic rings. The molecular formula is C10H13N. The van der Waals surface area contributed by atoms with Gasteiger partial charge in [-0.25, -0.2) is 0 Å². The van der Waals surface area contributed by atoms with Crippen molar-refractivity contribution in [3.05, 3.63) is 35.4 Å². The highest BCUT2D eigenvalue weighted by atomic mass is 14.6. The van der Waals surface area contributed by atoms with Gasteiger partial charge < -0.3 is 5.73 Å². The highest BCUT2D eigenvalue weighted by Gasteiger charge is 2.00. The lowest BCUT2D eigenvalue weighted by Crippen LogP contribution is -1.93. The molecule has 0 aliphatic heterocycles. The van der Waals surface area contributed by atoms with Crippen molar-refractivity contribution < 1.29 is 0 Å². The van der Waals surface area contributed by atoms with Gasteiger partial charge in [0.2, 0.25) is 0 Å². The molecule has 0 unspecified atom stereocenters. The minimum Gasteiger partial charge on any atom is -0.398 e. The molecule has 0 heterocycles. The fourth-order valence-corrected chi connectivity index (χ4v) is 1.19. The minimum absolute atomic E-state index is 0.838. The Morgan fingerprint density at radius 2 is 2.00 bits per heavy atom. The van der Waals surface area contributed by atoms with Crippen molar-refractivity contribution in [2.75, 3.05) is 5.73 Å². The molecule has 0 fully saturated rings. The quantitative estimate of drug-likeness (QED) is 0.607. The summed E-state index contributed by atoms with van der Waals surface area (Å²) >= 11 is 0. The van der Waals surface area contributed by atoms with E-state index in [1.54, 1.807) is 0 Å².